The summed E-state index contributed by atoms with van der Waals surface area (Å²) in [5, 5.41) is 6.29. The van der Waals surface area contributed by atoms with Crippen LogP contribution < -0.4 is 10.6 Å². The zero-order valence-corrected chi connectivity index (χ0v) is 25.0. The quantitative estimate of drug-likeness (QED) is 0.101. The van der Waals surface area contributed by atoms with E-state index < -0.39 is 0 Å². The Morgan fingerprint density at radius 1 is 0.553 bits per heavy atom. The van der Waals surface area contributed by atoms with Crippen molar-refractivity contribution in [3.8, 4) is 0 Å². The Labute approximate surface area is 233 Å². The van der Waals surface area contributed by atoms with Crippen LogP contribution in [0.2, 0.25) is 0 Å². The summed E-state index contributed by atoms with van der Waals surface area (Å²) < 4.78 is 9.39. The highest BCUT2D eigenvalue weighted by atomic mass is 16.5. The van der Waals surface area contributed by atoms with Gasteiger partial charge in [0.1, 0.15) is 0 Å². The predicted molar refractivity (Wildman–Crippen MR) is 155 cm³/mol. The van der Waals surface area contributed by atoms with Crippen LogP contribution in [0.5, 0.6) is 0 Å². The zero-order chi connectivity index (χ0) is 28.1. The van der Waals surface area contributed by atoms with Crippen LogP contribution in [-0.4, -0.2) is 76.2 Å². The first-order valence-electron chi connectivity index (χ1n) is 15.4. The lowest BCUT2D eigenvalue weighted by Gasteiger charge is -2.21. The summed E-state index contributed by atoms with van der Waals surface area (Å²) in [7, 11) is 2.74. The first kappa shape index (κ1) is 36.3. The molecule has 8 nitrogen and oxygen atoms in total. The van der Waals surface area contributed by atoms with Crippen LogP contribution in [0.4, 0.5) is 0 Å². The van der Waals surface area contributed by atoms with Gasteiger partial charge >= 0.3 is 11.9 Å². The maximum atomic E-state index is 12.0. The summed E-state index contributed by atoms with van der Waals surface area (Å²) in [5.41, 5.74) is 0. The number of nitrogens with one attached hydrogen (secondary N) is 2. The van der Waals surface area contributed by atoms with Crippen LogP contribution in [0.25, 0.3) is 0 Å². The van der Waals surface area contributed by atoms with Gasteiger partial charge in [0.25, 0.3) is 0 Å². The highest BCUT2D eigenvalue weighted by Crippen LogP contribution is 2.13. The molecule has 224 valence electrons. The second-order valence-corrected chi connectivity index (χ2v) is 10.3. The van der Waals surface area contributed by atoms with Gasteiger partial charge in [-0.1, -0.05) is 96.8 Å². The van der Waals surface area contributed by atoms with Gasteiger partial charge in [0.15, 0.2) is 0 Å². The SMILES string of the molecule is CCCCCCCCCCCCCCCCCC(=O)NCCNCCN(CCC(=O)OC)CCC(=O)OC. The van der Waals surface area contributed by atoms with E-state index in [2.05, 4.69) is 17.6 Å². The topological polar surface area (TPSA) is 97.0 Å². The number of hydrogen-bond acceptors (Lipinski definition) is 7. The molecular weight excluding hydrogens is 482 g/mol. The maximum Gasteiger partial charge on any atom is 0.306 e. The summed E-state index contributed by atoms with van der Waals surface area (Å²) in [5.74, 6) is -0.407. The Morgan fingerprint density at radius 3 is 1.45 bits per heavy atom. The van der Waals surface area contributed by atoms with Crippen molar-refractivity contribution in [2.45, 2.75) is 122 Å². The molecule has 0 aliphatic heterocycles. The largest absolute Gasteiger partial charge is 0.469 e. The highest BCUT2D eigenvalue weighted by molar-refractivity contribution is 5.75. The third-order valence-electron chi connectivity index (χ3n) is 6.96. The van der Waals surface area contributed by atoms with Crippen LogP contribution in [0.1, 0.15) is 122 Å². The van der Waals surface area contributed by atoms with E-state index in [1.54, 1.807) is 0 Å². The fourth-order valence-corrected chi connectivity index (χ4v) is 4.44. The number of unbranched alkanes of at least 4 members (excludes halogenated alkanes) is 14. The summed E-state index contributed by atoms with van der Waals surface area (Å²) in [6.07, 6.45) is 21.1. The van der Waals surface area contributed by atoms with Crippen molar-refractivity contribution >= 4 is 17.8 Å². The van der Waals surface area contributed by atoms with Crippen LogP contribution in [-0.2, 0) is 23.9 Å². The van der Waals surface area contributed by atoms with Gasteiger partial charge in [-0.15, -0.1) is 0 Å². The van der Waals surface area contributed by atoms with Crippen molar-refractivity contribution < 1.29 is 23.9 Å². The van der Waals surface area contributed by atoms with Crippen molar-refractivity contribution in [2.75, 3.05) is 53.5 Å². The molecule has 0 rings (SSSR count). The van der Waals surface area contributed by atoms with Gasteiger partial charge in [-0.3, -0.25) is 14.4 Å². The number of carbonyl (C=O) groups is 3. The van der Waals surface area contributed by atoms with Gasteiger partial charge in [-0.05, 0) is 6.42 Å². The Morgan fingerprint density at radius 2 is 1.00 bits per heavy atom. The van der Waals surface area contributed by atoms with Crippen molar-refractivity contribution in [3.05, 3.63) is 0 Å². The van der Waals surface area contributed by atoms with E-state index in [1.807, 2.05) is 4.90 Å². The number of hydrogen-bond donors (Lipinski definition) is 2. The molecule has 0 aromatic heterocycles. The Hall–Kier alpha value is -1.67. The van der Waals surface area contributed by atoms with E-state index in [1.165, 1.54) is 97.7 Å². The highest BCUT2D eigenvalue weighted by Gasteiger charge is 2.11. The fourth-order valence-electron chi connectivity index (χ4n) is 4.44. The van der Waals surface area contributed by atoms with E-state index in [9.17, 15) is 14.4 Å². The van der Waals surface area contributed by atoms with Crippen molar-refractivity contribution in [3.63, 3.8) is 0 Å². The van der Waals surface area contributed by atoms with Gasteiger partial charge in [-0.25, -0.2) is 0 Å². The lowest BCUT2D eigenvalue weighted by atomic mass is 10.0. The monoisotopic (exact) mass is 541 g/mol. The van der Waals surface area contributed by atoms with E-state index in [0.717, 1.165) is 12.8 Å². The fraction of sp³-hybridized carbons (Fsp3) is 0.900. The minimum absolute atomic E-state index is 0.124. The molecule has 0 fully saturated rings. The average molecular weight is 542 g/mol. The normalized spacial score (nSPS) is 11.1. The van der Waals surface area contributed by atoms with Crippen molar-refractivity contribution in [1.29, 1.82) is 0 Å². The van der Waals surface area contributed by atoms with Crippen LogP contribution in [0.3, 0.4) is 0 Å². The van der Waals surface area contributed by atoms with E-state index in [4.69, 9.17) is 9.47 Å². The summed E-state index contributed by atoms with van der Waals surface area (Å²) in [6.45, 7) is 6.02. The minimum atomic E-state index is -0.266. The third kappa shape index (κ3) is 26.0. The molecule has 0 saturated heterocycles. The predicted octanol–water partition coefficient (Wildman–Crippen LogP) is 5.38. The first-order valence-corrected chi connectivity index (χ1v) is 15.4. The van der Waals surface area contributed by atoms with Crippen LogP contribution >= 0.6 is 0 Å². The molecule has 1 amide bonds. The summed E-state index contributed by atoms with van der Waals surface area (Å²) in [6, 6.07) is 0. The molecule has 38 heavy (non-hydrogen) atoms. The molecule has 0 aliphatic carbocycles. The lowest BCUT2D eigenvalue weighted by molar-refractivity contribution is -0.141. The van der Waals surface area contributed by atoms with Crippen LogP contribution in [0.15, 0.2) is 0 Å². The standard InChI is InChI=1S/C30H59N3O5/c1-4-5-6-7-8-9-10-11-12-13-14-15-16-17-18-19-28(34)32-23-22-31-24-27-33(25-20-29(35)37-2)26-21-30(36)38-3/h31H,4-27H2,1-3H3,(H,32,34). The number of rotatable bonds is 28. The molecule has 0 aliphatic rings. The number of ether oxygens (including phenoxy) is 2. The van der Waals surface area contributed by atoms with Crippen molar-refractivity contribution in [1.82, 2.24) is 15.5 Å². The van der Waals surface area contributed by atoms with Gasteiger partial charge in [0.05, 0.1) is 27.1 Å². The molecular formula is C30H59N3O5. The van der Waals surface area contributed by atoms with Crippen LogP contribution in [0, 0.1) is 0 Å². The van der Waals surface area contributed by atoms with Gasteiger partial charge < -0.3 is 25.0 Å². The molecule has 0 saturated carbocycles. The number of nitrogens with zero attached hydrogens (tertiary/aromatic N) is 1. The van der Waals surface area contributed by atoms with E-state index in [-0.39, 0.29) is 30.7 Å². The van der Waals surface area contributed by atoms with Gasteiger partial charge in [0, 0.05) is 45.7 Å². The van der Waals surface area contributed by atoms with E-state index in [0.29, 0.717) is 45.7 Å². The Bertz CT molecular complexity index is 554. The van der Waals surface area contributed by atoms with E-state index >= 15 is 0 Å². The second kappa shape index (κ2) is 28.3. The average Bonchev–Trinajstić information content (AvgIpc) is 2.93. The smallest absolute Gasteiger partial charge is 0.306 e. The lowest BCUT2D eigenvalue weighted by Crippen LogP contribution is -2.38. The van der Waals surface area contributed by atoms with Crippen molar-refractivity contribution in [2.24, 2.45) is 0 Å². The molecule has 0 heterocycles. The molecule has 2 N–H and O–H groups in total. The Kier molecular flexibility index (Phi) is 27.1. The first-order chi connectivity index (χ1) is 18.5. The molecule has 0 spiro atoms. The molecule has 0 radical (unpaired) electrons. The maximum absolute atomic E-state index is 12.0. The number of esters is 2. The number of amides is 1. The summed E-state index contributed by atoms with van der Waals surface area (Å²) in [4.78, 5) is 36.9. The zero-order valence-electron chi connectivity index (χ0n) is 25.0. The molecule has 0 bridgehead atoms. The summed E-state index contributed by atoms with van der Waals surface area (Å²) >= 11 is 0. The second-order valence-electron chi connectivity index (χ2n) is 10.3. The van der Waals surface area contributed by atoms with Gasteiger partial charge in [0.2, 0.25) is 5.91 Å². The molecule has 0 atom stereocenters. The molecule has 0 aromatic rings. The molecule has 0 unspecified atom stereocenters. The molecule has 0 aromatic carbocycles. The molecule has 8 heteroatoms. The van der Waals surface area contributed by atoms with Gasteiger partial charge in [-0.2, -0.15) is 0 Å². The number of methoxy groups -OCH3 is 2. The Balaban J connectivity index is 3.57. The third-order valence-corrected chi connectivity index (χ3v) is 6.96. The minimum Gasteiger partial charge on any atom is -0.469 e. The number of carbonyl (C=O) groups excluding carboxylic acids is 3.